The third kappa shape index (κ3) is 3.04. The molecular formula is C17H16FN3S. The van der Waals surface area contributed by atoms with Crippen molar-refractivity contribution in [3.05, 3.63) is 71.3 Å². The van der Waals surface area contributed by atoms with Gasteiger partial charge in [-0.1, -0.05) is 47.7 Å². The summed E-state index contributed by atoms with van der Waals surface area (Å²) in [6, 6.07) is 13.1. The van der Waals surface area contributed by atoms with Crippen LogP contribution in [0, 0.1) is 19.7 Å². The summed E-state index contributed by atoms with van der Waals surface area (Å²) >= 11 is 1.48. The molecule has 0 bridgehead atoms. The SMILES string of the molecule is Cc1ccc(-n2cnnc2SCc2ccccc2F)c(C)c1. The molecule has 0 radical (unpaired) electrons. The second-order valence-corrected chi connectivity index (χ2v) is 6.10. The molecular weight excluding hydrogens is 297 g/mol. The van der Waals surface area contributed by atoms with E-state index in [1.807, 2.05) is 10.6 Å². The molecule has 22 heavy (non-hydrogen) atoms. The maximum absolute atomic E-state index is 13.7. The minimum atomic E-state index is -0.187. The van der Waals surface area contributed by atoms with E-state index in [2.05, 4.69) is 42.2 Å². The van der Waals surface area contributed by atoms with Crippen molar-refractivity contribution in [3.63, 3.8) is 0 Å². The molecule has 5 heteroatoms. The lowest BCUT2D eigenvalue weighted by Crippen LogP contribution is -1.99. The molecule has 3 aromatic rings. The molecule has 0 spiro atoms. The first-order chi connectivity index (χ1) is 10.6. The Kier molecular flexibility index (Phi) is 4.24. The quantitative estimate of drug-likeness (QED) is 0.672. The normalized spacial score (nSPS) is 10.9. The predicted molar refractivity (Wildman–Crippen MR) is 86.8 cm³/mol. The number of aryl methyl sites for hydroxylation is 2. The lowest BCUT2D eigenvalue weighted by molar-refractivity contribution is 0.617. The van der Waals surface area contributed by atoms with Gasteiger partial charge in [-0.05, 0) is 37.1 Å². The van der Waals surface area contributed by atoms with E-state index in [1.54, 1.807) is 18.5 Å². The number of hydrogen-bond donors (Lipinski definition) is 0. The highest BCUT2D eigenvalue weighted by Crippen LogP contribution is 2.26. The van der Waals surface area contributed by atoms with Gasteiger partial charge in [0.05, 0.1) is 5.69 Å². The van der Waals surface area contributed by atoms with Crippen LogP contribution >= 0.6 is 11.8 Å². The van der Waals surface area contributed by atoms with Crippen molar-refractivity contribution < 1.29 is 4.39 Å². The topological polar surface area (TPSA) is 30.7 Å². The average Bonchev–Trinajstić information content (AvgIpc) is 2.95. The van der Waals surface area contributed by atoms with Crippen LogP contribution in [0.1, 0.15) is 16.7 Å². The van der Waals surface area contributed by atoms with Crippen molar-refractivity contribution >= 4 is 11.8 Å². The van der Waals surface area contributed by atoms with Crippen molar-refractivity contribution in [2.75, 3.05) is 0 Å². The maximum Gasteiger partial charge on any atom is 0.195 e. The van der Waals surface area contributed by atoms with E-state index in [0.717, 1.165) is 16.4 Å². The molecule has 0 aliphatic rings. The van der Waals surface area contributed by atoms with E-state index in [4.69, 9.17) is 0 Å². The fourth-order valence-corrected chi connectivity index (χ4v) is 3.23. The Morgan fingerprint density at radius 3 is 2.73 bits per heavy atom. The molecule has 112 valence electrons. The van der Waals surface area contributed by atoms with E-state index in [0.29, 0.717) is 11.3 Å². The van der Waals surface area contributed by atoms with E-state index < -0.39 is 0 Å². The van der Waals surface area contributed by atoms with Crippen LogP contribution in [0.5, 0.6) is 0 Å². The van der Waals surface area contributed by atoms with Crippen molar-refractivity contribution in [1.29, 1.82) is 0 Å². The molecule has 2 aromatic carbocycles. The monoisotopic (exact) mass is 313 g/mol. The van der Waals surface area contributed by atoms with Crippen LogP contribution < -0.4 is 0 Å². The van der Waals surface area contributed by atoms with Crippen LogP contribution in [0.4, 0.5) is 4.39 Å². The van der Waals surface area contributed by atoms with Gasteiger partial charge in [0.2, 0.25) is 0 Å². The minimum Gasteiger partial charge on any atom is -0.276 e. The molecule has 0 amide bonds. The zero-order chi connectivity index (χ0) is 15.5. The number of benzene rings is 2. The first-order valence-electron chi connectivity index (χ1n) is 6.99. The molecule has 0 aliphatic carbocycles. The summed E-state index contributed by atoms with van der Waals surface area (Å²) in [5.41, 5.74) is 4.09. The number of hydrogen-bond acceptors (Lipinski definition) is 3. The highest BCUT2D eigenvalue weighted by Gasteiger charge is 2.10. The van der Waals surface area contributed by atoms with Gasteiger partial charge in [0.1, 0.15) is 12.1 Å². The Morgan fingerprint density at radius 2 is 1.95 bits per heavy atom. The first-order valence-corrected chi connectivity index (χ1v) is 7.97. The third-order valence-electron chi connectivity index (χ3n) is 3.44. The third-order valence-corrected chi connectivity index (χ3v) is 4.43. The van der Waals surface area contributed by atoms with E-state index >= 15 is 0 Å². The molecule has 0 N–H and O–H groups in total. The van der Waals surface area contributed by atoms with Gasteiger partial charge in [-0.15, -0.1) is 10.2 Å². The maximum atomic E-state index is 13.7. The van der Waals surface area contributed by atoms with Gasteiger partial charge in [-0.2, -0.15) is 0 Å². The fourth-order valence-electron chi connectivity index (χ4n) is 2.32. The van der Waals surface area contributed by atoms with Gasteiger partial charge < -0.3 is 0 Å². The smallest absolute Gasteiger partial charge is 0.195 e. The van der Waals surface area contributed by atoms with Crippen molar-refractivity contribution in [3.8, 4) is 5.69 Å². The van der Waals surface area contributed by atoms with Crippen LogP contribution in [0.15, 0.2) is 53.9 Å². The molecule has 1 aromatic heterocycles. The highest BCUT2D eigenvalue weighted by atomic mass is 32.2. The number of nitrogens with zero attached hydrogens (tertiary/aromatic N) is 3. The van der Waals surface area contributed by atoms with Crippen LogP contribution in [-0.4, -0.2) is 14.8 Å². The van der Waals surface area contributed by atoms with Gasteiger partial charge in [0.15, 0.2) is 5.16 Å². The Bertz CT molecular complexity index is 798. The predicted octanol–water partition coefficient (Wildman–Crippen LogP) is 4.32. The molecule has 0 unspecified atom stereocenters. The summed E-state index contributed by atoms with van der Waals surface area (Å²) in [7, 11) is 0. The standard InChI is InChI=1S/C17H16FN3S/c1-12-7-8-16(13(2)9-12)21-11-19-20-17(21)22-10-14-5-3-4-6-15(14)18/h3-9,11H,10H2,1-2H3. The number of aromatic nitrogens is 3. The lowest BCUT2D eigenvalue weighted by atomic mass is 10.1. The zero-order valence-electron chi connectivity index (χ0n) is 12.5. The molecule has 0 saturated heterocycles. The molecule has 0 fully saturated rings. The number of halogens is 1. The summed E-state index contributed by atoms with van der Waals surface area (Å²) in [5.74, 6) is 0.337. The first kappa shape index (κ1) is 14.8. The van der Waals surface area contributed by atoms with E-state index in [1.165, 1.54) is 23.4 Å². The molecule has 1 heterocycles. The molecule has 3 rings (SSSR count). The molecule has 0 saturated carbocycles. The van der Waals surface area contributed by atoms with Crippen molar-refractivity contribution in [2.24, 2.45) is 0 Å². The van der Waals surface area contributed by atoms with Gasteiger partial charge in [-0.25, -0.2) is 4.39 Å². The van der Waals surface area contributed by atoms with Gasteiger partial charge in [-0.3, -0.25) is 4.57 Å². The largest absolute Gasteiger partial charge is 0.276 e. The van der Waals surface area contributed by atoms with Gasteiger partial charge in [0, 0.05) is 5.75 Å². The summed E-state index contributed by atoms with van der Waals surface area (Å²) in [4.78, 5) is 0. The van der Waals surface area contributed by atoms with E-state index in [-0.39, 0.29) is 5.82 Å². The summed E-state index contributed by atoms with van der Waals surface area (Å²) in [5, 5.41) is 8.91. The Balaban J connectivity index is 1.85. The highest BCUT2D eigenvalue weighted by molar-refractivity contribution is 7.98. The van der Waals surface area contributed by atoms with Crippen LogP contribution in [0.3, 0.4) is 0 Å². The van der Waals surface area contributed by atoms with Crippen LogP contribution in [0.25, 0.3) is 5.69 Å². The number of rotatable bonds is 4. The Hall–Kier alpha value is -2.14. The Labute approximate surface area is 133 Å². The zero-order valence-corrected chi connectivity index (χ0v) is 13.3. The summed E-state index contributed by atoms with van der Waals surface area (Å²) in [6.45, 7) is 4.13. The minimum absolute atomic E-state index is 0.187. The second kappa shape index (κ2) is 6.32. The molecule has 0 aliphatic heterocycles. The van der Waals surface area contributed by atoms with Crippen LogP contribution in [0.2, 0.25) is 0 Å². The second-order valence-electron chi connectivity index (χ2n) is 5.15. The van der Waals surface area contributed by atoms with Gasteiger partial charge >= 0.3 is 0 Å². The van der Waals surface area contributed by atoms with Gasteiger partial charge in [0.25, 0.3) is 0 Å². The number of thioether (sulfide) groups is 1. The van der Waals surface area contributed by atoms with Crippen molar-refractivity contribution in [1.82, 2.24) is 14.8 Å². The molecule has 3 nitrogen and oxygen atoms in total. The molecule has 0 atom stereocenters. The van der Waals surface area contributed by atoms with E-state index in [9.17, 15) is 4.39 Å². The summed E-state index contributed by atoms with van der Waals surface area (Å²) < 4.78 is 15.6. The fraction of sp³-hybridized carbons (Fsp3) is 0.176. The van der Waals surface area contributed by atoms with Crippen LogP contribution in [-0.2, 0) is 5.75 Å². The average molecular weight is 313 g/mol. The van der Waals surface area contributed by atoms with Crippen molar-refractivity contribution in [2.45, 2.75) is 24.8 Å². The lowest BCUT2D eigenvalue weighted by Gasteiger charge is -2.10. The summed E-state index contributed by atoms with van der Waals surface area (Å²) in [6.07, 6.45) is 1.70. The Morgan fingerprint density at radius 1 is 1.14 bits per heavy atom.